The number of hydrogen-bond donors (Lipinski definition) is 1. The van der Waals surface area contributed by atoms with Crippen molar-refractivity contribution in [1.82, 2.24) is 14.6 Å². The predicted molar refractivity (Wildman–Crippen MR) is 98.1 cm³/mol. The summed E-state index contributed by atoms with van der Waals surface area (Å²) in [7, 11) is 0. The fourth-order valence-electron chi connectivity index (χ4n) is 2.85. The molecule has 0 spiro atoms. The van der Waals surface area contributed by atoms with Crippen LogP contribution in [-0.2, 0) is 0 Å². The maximum Gasteiger partial charge on any atom is 0.273 e. The molecule has 0 fully saturated rings. The van der Waals surface area contributed by atoms with Gasteiger partial charge in [0, 0.05) is 29.8 Å². The molecule has 0 saturated carbocycles. The maximum atomic E-state index is 12.4. The summed E-state index contributed by atoms with van der Waals surface area (Å²) in [6.07, 6.45) is 0. The SMILES string of the molecule is Cc1cccc(-c2cc3nc(-c4ccc([N+](=O)[O-])cc4)cc(=O)n3[nH]2)c1. The minimum absolute atomic E-state index is 0.00470. The van der Waals surface area contributed by atoms with Gasteiger partial charge in [0.1, 0.15) is 0 Å². The van der Waals surface area contributed by atoms with Gasteiger partial charge in [0.05, 0.1) is 16.3 Å². The van der Waals surface area contributed by atoms with Crippen molar-refractivity contribution in [2.45, 2.75) is 6.92 Å². The van der Waals surface area contributed by atoms with E-state index in [1.165, 1.54) is 22.7 Å². The molecule has 0 atom stereocenters. The summed E-state index contributed by atoms with van der Waals surface area (Å²) < 4.78 is 1.38. The molecule has 2 aromatic carbocycles. The Balaban J connectivity index is 1.81. The van der Waals surface area contributed by atoms with Gasteiger partial charge in [-0.1, -0.05) is 23.8 Å². The average molecular weight is 346 g/mol. The van der Waals surface area contributed by atoms with Crippen LogP contribution in [-0.4, -0.2) is 19.5 Å². The first-order chi connectivity index (χ1) is 12.5. The van der Waals surface area contributed by atoms with Crippen molar-refractivity contribution in [3.8, 4) is 22.5 Å². The molecule has 2 heterocycles. The highest BCUT2D eigenvalue weighted by Crippen LogP contribution is 2.23. The van der Waals surface area contributed by atoms with Crippen LogP contribution in [0, 0.1) is 17.0 Å². The van der Waals surface area contributed by atoms with Crippen LogP contribution in [0.15, 0.2) is 65.5 Å². The fraction of sp³-hybridized carbons (Fsp3) is 0.0526. The normalized spacial score (nSPS) is 11.0. The number of rotatable bonds is 3. The Bertz CT molecular complexity index is 1190. The number of aromatic nitrogens is 3. The van der Waals surface area contributed by atoms with Gasteiger partial charge in [0.25, 0.3) is 11.2 Å². The molecule has 0 aliphatic rings. The van der Waals surface area contributed by atoms with Crippen molar-refractivity contribution in [2.24, 2.45) is 0 Å². The monoisotopic (exact) mass is 346 g/mol. The number of benzene rings is 2. The molecule has 0 radical (unpaired) electrons. The van der Waals surface area contributed by atoms with Gasteiger partial charge in [-0.25, -0.2) is 9.50 Å². The topological polar surface area (TPSA) is 93.3 Å². The summed E-state index contributed by atoms with van der Waals surface area (Å²) in [4.78, 5) is 27.3. The molecule has 7 heteroatoms. The van der Waals surface area contributed by atoms with Crippen molar-refractivity contribution in [1.29, 1.82) is 0 Å². The average Bonchev–Trinajstić information content (AvgIpc) is 3.07. The Morgan fingerprint density at radius 2 is 1.81 bits per heavy atom. The lowest BCUT2D eigenvalue weighted by Crippen LogP contribution is -2.14. The van der Waals surface area contributed by atoms with Gasteiger partial charge in [0.2, 0.25) is 0 Å². The van der Waals surface area contributed by atoms with Gasteiger partial charge in [0.15, 0.2) is 5.65 Å². The minimum Gasteiger partial charge on any atom is -0.289 e. The highest BCUT2D eigenvalue weighted by molar-refractivity contribution is 5.67. The van der Waals surface area contributed by atoms with E-state index in [0.29, 0.717) is 16.9 Å². The van der Waals surface area contributed by atoms with E-state index in [1.807, 2.05) is 37.3 Å². The fourth-order valence-corrected chi connectivity index (χ4v) is 2.85. The van der Waals surface area contributed by atoms with Crippen LogP contribution in [0.5, 0.6) is 0 Å². The van der Waals surface area contributed by atoms with Crippen LogP contribution in [0.25, 0.3) is 28.2 Å². The van der Waals surface area contributed by atoms with Gasteiger partial charge >= 0.3 is 0 Å². The number of fused-ring (bicyclic) bond motifs is 1. The van der Waals surface area contributed by atoms with Crippen LogP contribution < -0.4 is 5.56 Å². The van der Waals surface area contributed by atoms with Crippen LogP contribution in [0.2, 0.25) is 0 Å². The van der Waals surface area contributed by atoms with Crippen LogP contribution in [0.3, 0.4) is 0 Å². The number of nitrogens with zero attached hydrogens (tertiary/aromatic N) is 3. The number of nitro groups is 1. The highest BCUT2D eigenvalue weighted by atomic mass is 16.6. The van der Waals surface area contributed by atoms with Gasteiger partial charge in [-0.2, -0.15) is 0 Å². The molecule has 4 rings (SSSR count). The Morgan fingerprint density at radius 3 is 2.50 bits per heavy atom. The molecular formula is C19H14N4O3. The van der Waals surface area contributed by atoms with Gasteiger partial charge in [-0.05, 0) is 30.7 Å². The summed E-state index contributed by atoms with van der Waals surface area (Å²) >= 11 is 0. The van der Waals surface area contributed by atoms with Crippen LogP contribution in [0.4, 0.5) is 5.69 Å². The van der Waals surface area contributed by atoms with Crippen molar-refractivity contribution < 1.29 is 4.92 Å². The quantitative estimate of drug-likeness (QED) is 0.453. The Morgan fingerprint density at radius 1 is 1.04 bits per heavy atom. The first-order valence-electron chi connectivity index (χ1n) is 7.96. The number of non-ortho nitro benzene ring substituents is 1. The lowest BCUT2D eigenvalue weighted by atomic mass is 10.1. The van der Waals surface area contributed by atoms with E-state index < -0.39 is 4.92 Å². The summed E-state index contributed by atoms with van der Waals surface area (Å²) in [5.41, 5.74) is 4.23. The zero-order valence-electron chi connectivity index (χ0n) is 13.8. The summed E-state index contributed by atoms with van der Waals surface area (Å²) in [5, 5.41) is 13.8. The molecule has 0 unspecified atom stereocenters. The van der Waals surface area contributed by atoms with Crippen LogP contribution in [0.1, 0.15) is 5.56 Å². The number of H-pyrrole nitrogens is 1. The van der Waals surface area contributed by atoms with Crippen molar-refractivity contribution in [3.63, 3.8) is 0 Å². The molecule has 26 heavy (non-hydrogen) atoms. The van der Waals surface area contributed by atoms with E-state index >= 15 is 0 Å². The van der Waals surface area contributed by atoms with Crippen molar-refractivity contribution in [3.05, 3.63) is 86.7 Å². The van der Waals surface area contributed by atoms with Gasteiger partial charge in [-0.3, -0.25) is 20.0 Å². The van der Waals surface area contributed by atoms with E-state index in [9.17, 15) is 14.9 Å². The summed E-state index contributed by atoms with van der Waals surface area (Å²) in [6, 6.07) is 17.1. The Hall–Kier alpha value is -3.74. The van der Waals surface area contributed by atoms with Crippen molar-refractivity contribution >= 4 is 11.3 Å². The largest absolute Gasteiger partial charge is 0.289 e. The smallest absolute Gasteiger partial charge is 0.273 e. The molecule has 4 aromatic rings. The zero-order chi connectivity index (χ0) is 18.3. The number of aromatic amines is 1. The van der Waals surface area contributed by atoms with Crippen molar-refractivity contribution in [2.75, 3.05) is 0 Å². The lowest BCUT2D eigenvalue weighted by molar-refractivity contribution is -0.384. The minimum atomic E-state index is -0.463. The number of aryl methyl sites for hydroxylation is 1. The standard InChI is InChI=1S/C19H14N4O3/c1-12-3-2-4-14(9-12)17-10-18-20-16(11-19(24)22(18)21-17)13-5-7-15(8-6-13)23(25)26/h2-11,21H,1H3. The van der Waals surface area contributed by atoms with E-state index in [-0.39, 0.29) is 11.2 Å². The molecule has 7 nitrogen and oxygen atoms in total. The summed E-state index contributed by atoms with van der Waals surface area (Å²) in [6.45, 7) is 2.00. The first kappa shape index (κ1) is 15.8. The first-order valence-corrected chi connectivity index (χ1v) is 7.96. The molecule has 2 aromatic heterocycles. The zero-order valence-corrected chi connectivity index (χ0v) is 13.8. The second-order valence-corrected chi connectivity index (χ2v) is 6.02. The van der Waals surface area contributed by atoms with Crippen LogP contribution >= 0.6 is 0 Å². The Labute approximate surface area is 147 Å². The lowest BCUT2D eigenvalue weighted by Gasteiger charge is -2.01. The third kappa shape index (κ3) is 2.75. The second kappa shape index (κ2) is 5.96. The second-order valence-electron chi connectivity index (χ2n) is 6.02. The van der Waals surface area contributed by atoms with Gasteiger partial charge in [-0.15, -0.1) is 0 Å². The molecule has 0 aliphatic heterocycles. The third-order valence-electron chi connectivity index (χ3n) is 4.15. The highest BCUT2D eigenvalue weighted by Gasteiger charge is 2.11. The molecular weight excluding hydrogens is 332 g/mol. The number of hydrogen-bond acceptors (Lipinski definition) is 4. The molecule has 0 amide bonds. The van der Waals surface area contributed by atoms with E-state index in [2.05, 4.69) is 10.1 Å². The summed E-state index contributed by atoms with van der Waals surface area (Å²) in [5.74, 6) is 0. The van der Waals surface area contributed by atoms with Gasteiger partial charge < -0.3 is 0 Å². The van der Waals surface area contributed by atoms with E-state index in [4.69, 9.17) is 0 Å². The third-order valence-corrected chi connectivity index (χ3v) is 4.15. The number of nitrogens with one attached hydrogen (secondary N) is 1. The molecule has 0 saturated heterocycles. The maximum absolute atomic E-state index is 12.4. The molecule has 1 N–H and O–H groups in total. The van der Waals surface area contributed by atoms with E-state index in [0.717, 1.165) is 16.8 Å². The Kier molecular flexibility index (Phi) is 3.62. The molecule has 0 bridgehead atoms. The predicted octanol–water partition coefficient (Wildman–Crippen LogP) is 3.57. The molecule has 0 aliphatic carbocycles. The molecule has 128 valence electrons. The van der Waals surface area contributed by atoms with E-state index in [1.54, 1.807) is 12.1 Å². The number of nitro benzene ring substituents is 1.